The molecule has 2 atom stereocenters. The van der Waals surface area contributed by atoms with Crippen LogP contribution >= 0.6 is 0 Å². The molecule has 0 fully saturated rings. The fourth-order valence-electron chi connectivity index (χ4n) is 5.04. The summed E-state index contributed by atoms with van der Waals surface area (Å²) in [5.74, 6) is 0.483. The highest BCUT2D eigenvalue weighted by atomic mass is 15.0. The molecule has 6 rings (SSSR count). The lowest BCUT2D eigenvalue weighted by Crippen LogP contribution is -2.45. The summed E-state index contributed by atoms with van der Waals surface area (Å²) >= 11 is 0. The number of aromatic nitrogens is 2. The second kappa shape index (κ2) is 6.05. The first-order valence-electron chi connectivity index (χ1n) is 10.4. The summed E-state index contributed by atoms with van der Waals surface area (Å²) in [7, 11) is 0. The molecule has 0 bridgehead atoms. The van der Waals surface area contributed by atoms with Gasteiger partial charge in [0.2, 0.25) is 5.69 Å². The van der Waals surface area contributed by atoms with Crippen molar-refractivity contribution in [1.82, 2.24) is 4.57 Å². The van der Waals surface area contributed by atoms with Crippen LogP contribution in [0, 0.1) is 0 Å². The molecule has 2 nitrogen and oxygen atoms in total. The molecule has 1 aliphatic rings. The Morgan fingerprint density at radius 1 is 0.724 bits per heavy atom. The Morgan fingerprint density at radius 3 is 2.10 bits per heavy atom. The summed E-state index contributed by atoms with van der Waals surface area (Å²) in [6.45, 7) is 4.66. The van der Waals surface area contributed by atoms with Crippen molar-refractivity contribution in [2.75, 3.05) is 0 Å². The first kappa shape index (κ1) is 16.6. The average Bonchev–Trinajstić information content (AvgIpc) is 3.12. The third kappa shape index (κ3) is 2.26. The molecular weight excluding hydrogens is 352 g/mol. The molecular formula is C27H23N2+. The zero-order valence-corrected chi connectivity index (χ0v) is 16.7. The molecule has 0 saturated carbocycles. The van der Waals surface area contributed by atoms with Crippen LogP contribution in [0.3, 0.4) is 0 Å². The van der Waals surface area contributed by atoms with Crippen molar-refractivity contribution in [2.24, 2.45) is 0 Å². The van der Waals surface area contributed by atoms with E-state index in [2.05, 4.69) is 114 Å². The first-order chi connectivity index (χ1) is 14.2. The molecule has 0 spiro atoms. The number of benzene rings is 3. The smallest absolute Gasteiger partial charge is 0.213 e. The summed E-state index contributed by atoms with van der Waals surface area (Å²) in [6.07, 6.45) is 2.21. The van der Waals surface area contributed by atoms with Gasteiger partial charge in [0.1, 0.15) is 0 Å². The molecule has 1 aliphatic heterocycles. The van der Waals surface area contributed by atoms with Crippen molar-refractivity contribution >= 4 is 21.8 Å². The Labute approximate surface area is 170 Å². The van der Waals surface area contributed by atoms with E-state index in [9.17, 15) is 0 Å². The van der Waals surface area contributed by atoms with Gasteiger partial charge in [0.05, 0.1) is 16.6 Å². The van der Waals surface area contributed by atoms with Gasteiger partial charge in [0, 0.05) is 34.5 Å². The predicted octanol–water partition coefficient (Wildman–Crippen LogP) is 6.42. The Balaban J connectivity index is 1.67. The van der Waals surface area contributed by atoms with Crippen LogP contribution in [0.5, 0.6) is 0 Å². The van der Waals surface area contributed by atoms with Gasteiger partial charge in [0.25, 0.3) is 0 Å². The van der Waals surface area contributed by atoms with E-state index in [1.54, 1.807) is 0 Å². The van der Waals surface area contributed by atoms with Gasteiger partial charge in [-0.15, -0.1) is 0 Å². The van der Waals surface area contributed by atoms with Gasteiger partial charge in [-0.25, -0.2) is 0 Å². The van der Waals surface area contributed by atoms with Gasteiger partial charge in [0.15, 0.2) is 12.2 Å². The summed E-state index contributed by atoms with van der Waals surface area (Å²) in [6, 6.07) is 31.4. The SMILES string of the molecule is CC1c2ccc(-n3c4ccccc4c4ccccc43)cc2-c2cccc[n+]2C1C. The molecule has 3 aromatic carbocycles. The van der Waals surface area contributed by atoms with Crippen LogP contribution in [-0.4, -0.2) is 4.57 Å². The lowest BCUT2D eigenvalue weighted by Gasteiger charge is -2.26. The van der Waals surface area contributed by atoms with E-state index in [1.165, 1.54) is 44.3 Å². The molecule has 140 valence electrons. The Morgan fingerprint density at radius 2 is 1.38 bits per heavy atom. The minimum absolute atomic E-state index is 0.456. The van der Waals surface area contributed by atoms with E-state index in [0.29, 0.717) is 12.0 Å². The maximum Gasteiger partial charge on any atom is 0.213 e. The minimum Gasteiger partial charge on any atom is -0.309 e. The average molecular weight is 375 g/mol. The van der Waals surface area contributed by atoms with Crippen LogP contribution < -0.4 is 4.57 Å². The second-order valence-corrected chi connectivity index (χ2v) is 8.16. The van der Waals surface area contributed by atoms with Gasteiger partial charge in [-0.05, 0) is 42.8 Å². The van der Waals surface area contributed by atoms with E-state index in [1.807, 2.05) is 0 Å². The van der Waals surface area contributed by atoms with Gasteiger partial charge in [-0.1, -0.05) is 49.4 Å². The molecule has 3 heterocycles. The first-order valence-corrected chi connectivity index (χ1v) is 10.4. The van der Waals surface area contributed by atoms with Crippen molar-refractivity contribution in [2.45, 2.75) is 25.8 Å². The monoisotopic (exact) mass is 375 g/mol. The van der Waals surface area contributed by atoms with Crippen LogP contribution in [-0.2, 0) is 0 Å². The van der Waals surface area contributed by atoms with Gasteiger partial charge in [-0.2, -0.15) is 4.57 Å². The van der Waals surface area contributed by atoms with Crippen LogP contribution in [0.2, 0.25) is 0 Å². The number of fused-ring (bicyclic) bond motifs is 6. The van der Waals surface area contributed by atoms with Crippen molar-refractivity contribution in [3.8, 4) is 16.9 Å². The summed E-state index contributed by atoms with van der Waals surface area (Å²) in [5, 5.41) is 2.61. The van der Waals surface area contributed by atoms with Crippen molar-refractivity contribution in [3.63, 3.8) is 0 Å². The molecule has 2 unspecified atom stereocenters. The lowest BCUT2D eigenvalue weighted by molar-refractivity contribution is -0.714. The van der Waals surface area contributed by atoms with Gasteiger partial charge in [-0.3, -0.25) is 0 Å². The van der Waals surface area contributed by atoms with Crippen molar-refractivity contribution in [1.29, 1.82) is 0 Å². The number of pyridine rings is 1. The molecule has 5 aromatic rings. The molecule has 0 amide bonds. The normalized spacial score (nSPS) is 18.0. The highest BCUT2D eigenvalue weighted by Crippen LogP contribution is 2.40. The lowest BCUT2D eigenvalue weighted by atomic mass is 9.84. The second-order valence-electron chi connectivity index (χ2n) is 8.16. The fourth-order valence-corrected chi connectivity index (χ4v) is 5.04. The maximum atomic E-state index is 2.42. The largest absolute Gasteiger partial charge is 0.309 e. The number of hydrogen-bond donors (Lipinski definition) is 0. The molecule has 0 saturated heterocycles. The third-order valence-corrected chi connectivity index (χ3v) is 6.69. The van der Waals surface area contributed by atoms with Gasteiger partial charge >= 0.3 is 0 Å². The Kier molecular flexibility index (Phi) is 3.45. The third-order valence-electron chi connectivity index (χ3n) is 6.69. The van der Waals surface area contributed by atoms with Gasteiger partial charge < -0.3 is 4.57 Å². The summed E-state index contributed by atoms with van der Waals surface area (Å²) in [4.78, 5) is 0. The van der Waals surface area contributed by atoms with Crippen molar-refractivity contribution in [3.05, 3.63) is 96.7 Å². The van der Waals surface area contributed by atoms with Crippen LogP contribution in [0.15, 0.2) is 91.1 Å². The summed E-state index contributed by atoms with van der Waals surface area (Å²) in [5.41, 5.74) is 7.82. The fraction of sp³-hybridized carbons (Fsp3) is 0.148. The summed E-state index contributed by atoms with van der Waals surface area (Å²) < 4.78 is 4.82. The van der Waals surface area contributed by atoms with Crippen LogP contribution in [0.25, 0.3) is 38.8 Å². The molecule has 2 heteroatoms. The highest BCUT2D eigenvalue weighted by molar-refractivity contribution is 6.09. The maximum absolute atomic E-state index is 2.42. The van der Waals surface area contributed by atoms with E-state index >= 15 is 0 Å². The molecule has 0 N–H and O–H groups in total. The zero-order chi connectivity index (χ0) is 19.5. The molecule has 2 aromatic heterocycles. The molecule has 29 heavy (non-hydrogen) atoms. The van der Waals surface area contributed by atoms with Crippen LogP contribution in [0.1, 0.15) is 31.4 Å². The van der Waals surface area contributed by atoms with Crippen LogP contribution in [0.4, 0.5) is 0 Å². The predicted molar refractivity (Wildman–Crippen MR) is 120 cm³/mol. The van der Waals surface area contributed by atoms with E-state index < -0.39 is 0 Å². The van der Waals surface area contributed by atoms with E-state index in [0.717, 1.165) is 0 Å². The van der Waals surface area contributed by atoms with E-state index in [-0.39, 0.29) is 0 Å². The highest BCUT2D eigenvalue weighted by Gasteiger charge is 2.34. The number of nitrogens with zero attached hydrogens (tertiary/aromatic N) is 2. The van der Waals surface area contributed by atoms with E-state index in [4.69, 9.17) is 0 Å². The Bertz CT molecular complexity index is 1340. The standard InChI is InChI=1S/C27H23N2/c1-18-19(2)28-16-8-7-11-25(28)24-17-20(14-15-21(18)24)29-26-12-5-3-9-22(26)23-10-4-6-13-27(23)29/h3-19H,1-2H3/q+1. The minimum atomic E-state index is 0.456. The van der Waals surface area contributed by atoms with Crippen molar-refractivity contribution < 1.29 is 4.57 Å². The number of hydrogen-bond acceptors (Lipinski definition) is 0. The molecule has 0 aliphatic carbocycles. The molecule has 0 radical (unpaired) electrons. The topological polar surface area (TPSA) is 8.81 Å². The zero-order valence-electron chi connectivity index (χ0n) is 16.7. The number of para-hydroxylation sites is 2. The number of rotatable bonds is 1. The quantitative estimate of drug-likeness (QED) is 0.299. The Hall–Kier alpha value is -3.39.